The third kappa shape index (κ3) is 3.98. The van der Waals surface area contributed by atoms with E-state index in [2.05, 4.69) is 15.2 Å². The molecule has 6 nitrogen and oxygen atoms in total. The highest BCUT2D eigenvalue weighted by Crippen LogP contribution is 2.33. The molecular weight excluding hydrogens is 390 g/mol. The van der Waals surface area contributed by atoms with E-state index in [4.69, 9.17) is 0 Å². The maximum absolute atomic E-state index is 13.7. The van der Waals surface area contributed by atoms with Gasteiger partial charge >= 0.3 is 6.18 Å². The van der Waals surface area contributed by atoms with Crippen LogP contribution in [0.15, 0.2) is 24.3 Å². The summed E-state index contributed by atoms with van der Waals surface area (Å²) in [4.78, 5) is 16.5. The van der Waals surface area contributed by atoms with E-state index in [0.29, 0.717) is 36.9 Å². The van der Waals surface area contributed by atoms with Crippen molar-refractivity contribution in [1.29, 1.82) is 0 Å². The van der Waals surface area contributed by atoms with Gasteiger partial charge in [0.15, 0.2) is 11.4 Å². The molecule has 0 bridgehead atoms. The molecule has 0 unspecified atom stereocenters. The molecule has 0 spiro atoms. The number of aromatic nitrogens is 3. The van der Waals surface area contributed by atoms with E-state index in [9.17, 15) is 22.4 Å². The van der Waals surface area contributed by atoms with Crippen molar-refractivity contribution >= 4 is 5.91 Å². The first kappa shape index (κ1) is 19.8. The Hall–Kier alpha value is -2.49. The fourth-order valence-corrected chi connectivity index (χ4v) is 4.18. The minimum absolute atomic E-state index is 0.144. The van der Waals surface area contributed by atoms with Crippen molar-refractivity contribution in [2.75, 3.05) is 26.2 Å². The van der Waals surface area contributed by atoms with Crippen LogP contribution < -0.4 is 0 Å². The fraction of sp³-hybridized carbons (Fsp3) is 0.526. The van der Waals surface area contributed by atoms with Crippen LogP contribution in [-0.2, 0) is 6.18 Å². The highest BCUT2D eigenvalue weighted by molar-refractivity contribution is 5.93. The minimum Gasteiger partial charge on any atom is -0.335 e. The normalized spacial score (nSPS) is 19.1. The molecule has 2 heterocycles. The lowest BCUT2D eigenvalue weighted by Crippen LogP contribution is -2.51. The van der Waals surface area contributed by atoms with Crippen LogP contribution in [0.3, 0.4) is 0 Å². The van der Waals surface area contributed by atoms with Crippen LogP contribution in [0.2, 0.25) is 0 Å². The number of nitrogens with zero attached hydrogens (tertiary/aromatic N) is 5. The molecule has 1 amide bonds. The molecule has 1 aliphatic heterocycles. The molecule has 1 aromatic carbocycles. The Morgan fingerprint density at radius 3 is 2.38 bits per heavy atom. The first-order valence-corrected chi connectivity index (χ1v) is 9.67. The summed E-state index contributed by atoms with van der Waals surface area (Å²) in [6.07, 6.45) is -0.210. The van der Waals surface area contributed by atoms with Gasteiger partial charge in [-0.15, -0.1) is 5.10 Å². The summed E-state index contributed by atoms with van der Waals surface area (Å²) in [6.45, 7) is 1.96. The Morgan fingerprint density at radius 1 is 1.07 bits per heavy atom. The molecule has 10 heteroatoms. The zero-order valence-electron chi connectivity index (χ0n) is 15.7. The van der Waals surface area contributed by atoms with Gasteiger partial charge in [-0.25, -0.2) is 9.07 Å². The first-order chi connectivity index (χ1) is 13.8. The van der Waals surface area contributed by atoms with E-state index in [1.54, 1.807) is 0 Å². The third-order valence-electron chi connectivity index (χ3n) is 5.64. The summed E-state index contributed by atoms with van der Waals surface area (Å²) >= 11 is 0. The molecule has 1 aromatic heterocycles. The van der Waals surface area contributed by atoms with Gasteiger partial charge in [-0.3, -0.25) is 9.69 Å². The van der Waals surface area contributed by atoms with Gasteiger partial charge in [0.25, 0.3) is 5.91 Å². The average molecular weight is 411 g/mol. The van der Waals surface area contributed by atoms with Gasteiger partial charge in [0.2, 0.25) is 0 Å². The van der Waals surface area contributed by atoms with Gasteiger partial charge in [-0.2, -0.15) is 13.2 Å². The lowest BCUT2D eigenvalue weighted by molar-refractivity contribution is -0.143. The number of alkyl halides is 3. The van der Waals surface area contributed by atoms with Crippen molar-refractivity contribution in [2.45, 2.75) is 37.9 Å². The van der Waals surface area contributed by atoms with E-state index in [1.807, 2.05) is 0 Å². The summed E-state index contributed by atoms with van der Waals surface area (Å²) in [5, 5.41) is 7.04. The molecule has 1 aliphatic carbocycles. The van der Waals surface area contributed by atoms with Crippen molar-refractivity contribution in [3.05, 3.63) is 41.5 Å². The average Bonchev–Trinajstić information content (AvgIpc) is 3.37. The quantitative estimate of drug-likeness (QED) is 0.729. The van der Waals surface area contributed by atoms with Gasteiger partial charge in [0.1, 0.15) is 5.82 Å². The third-order valence-corrected chi connectivity index (χ3v) is 5.64. The van der Waals surface area contributed by atoms with Crippen LogP contribution in [0.25, 0.3) is 5.69 Å². The molecule has 4 rings (SSSR count). The van der Waals surface area contributed by atoms with E-state index in [0.717, 1.165) is 25.0 Å². The Morgan fingerprint density at radius 2 is 1.76 bits per heavy atom. The van der Waals surface area contributed by atoms with Crippen LogP contribution >= 0.6 is 0 Å². The summed E-state index contributed by atoms with van der Waals surface area (Å²) in [6, 6.07) is 5.09. The number of amides is 1. The molecule has 156 valence electrons. The smallest absolute Gasteiger partial charge is 0.335 e. The summed E-state index contributed by atoms with van der Waals surface area (Å²) in [5.41, 5.74) is -2.18. The summed E-state index contributed by atoms with van der Waals surface area (Å²) in [5.74, 6) is -1.51. The number of hydrogen-bond acceptors (Lipinski definition) is 4. The molecule has 0 radical (unpaired) electrons. The fourth-order valence-electron chi connectivity index (χ4n) is 4.18. The molecule has 0 atom stereocenters. The van der Waals surface area contributed by atoms with Crippen LogP contribution in [0.5, 0.6) is 0 Å². The Balaban J connectivity index is 1.57. The second kappa shape index (κ2) is 7.74. The van der Waals surface area contributed by atoms with E-state index >= 15 is 0 Å². The molecule has 1 saturated heterocycles. The predicted molar refractivity (Wildman–Crippen MR) is 96.1 cm³/mol. The van der Waals surface area contributed by atoms with Crippen molar-refractivity contribution < 1.29 is 22.4 Å². The molecule has 29 heavy (non-hydrogen) atoms. The molecular formula is C19H21F4N5O. The lowest BCUT2D eigenvalue weighted by atomic mass is 10.1. The number of hydrogen-bond donors (Lipinski definition) is 0. The van der Waals surface area contributed by atoms with Gasteiger partial charge < -0.3 is 4.90 Å². The van der Waals surface area contributed by atoms with Gasteiger partial charge in [-0.1, -0.05) is 24.1 Å². The highest BCUT2D eigenvalue weighted by atomic mass is 19.4. The standard InChI is InChI=1S/C19H21F4N5O/c20-13-4-3-7-15(12-13)28-17(19(21,22)23)16(24-25-28)18(29)27-10-8-26(9-11-27)14-5-1-2-6-14/h3-4,7,12,14H,1-2,5-6,8-11H2. The van der Waals surface area contributed by atoms with Gasteiger partial charge in [0.05, 0.1) is 5.69 Å². The van der Waals surface area contributed by atoms with Crippen molar-refractivity contribution in [3.63, 3.8) is 0 Å². The number of rotatable bonds is 3. The number of piperazine rings is 1. The summed E-state index contributed by atoms with van der Waals surface area (Å²) < 4.78 is 55.2. The number of benzene rings is 1. The van der Waals surface area contributed by atoms with Gasteiger partial charge in [0, 0.05) is 32.2 Å². The molecule has 2 fully saturated rings. The molecule has 1 saturated carbocycles. The SMILES string of the molecule is O=C(c1nnn(-c2cccc(F)c2)c1C(F)(F)F)N1CCN(C2CCCC2)CC1. The Kier molecular flexibility index (Phi) is 5.28. The maximum atomic E-state index is 13.7. The second-order valence-electron chi connectivity index (χ2n) is 7.44. The molecule has 2 aromatic rings. The predicted octanol–water partition coefficient (Wildman–Crippen LogP) is 3.13. The molecule has 0 N–H and O–H groups in total. The lowest BCUT2D eigenvalue weighted by Gasteiger charge is -2.37. The Bertz CT molecular complexity index is 883. The molecule has 2 aliphatic rings. The zero-order valence-corrected chi connectivity index (χ0v) is 15.7. The van der Waals surface area contributed by atoms with E-state index < -0.39 is 29.3 Å². The topological polar surface area (TPSA) is 54.3 Å². The second-order valence-corrected chi connectivity index (χ2v) is 7.44. The highest BCUT2D eigenvalue weighted by Gasteiger charge is 2.43. The monoisotopic (exact) mass is 411 g/mol. The van der Waals surface area contributed by atoms with Crippen molar-refractivity contribution in [3.8, 4) is 5.69 Å². The van der Waals surface area contributed by atoms with E-state index in [-0.39, 0.29) is 5.69 Å². The largest absolute Gasteiger partial charge is 0.435 e. The van der Waals surface area contributed by atoms with Crippen LogP contribution in [0.1, 0.15) is 41.9 Å². The summed E-state index contributed by atoms with van der Waals surface area (Å²) in [7, 11) is 0. The first-order valence-electron chi connectivity index (χ1n) is 9.67. The zero-order chi connectivity index (χ0) is 20.6. The van der Waals surface area contributed by atoms with Crippen molar-refractivity contribution in [1.82, 2.24) is 24.8 Å². The van der Waals surface area contributed by atoms with Crippen LogP contribution in [0, 0.1) is 5.82 Å². The number of carbonyl (C=O) groups excluding carboxylic acids is 1. The number of halogens is 4. The maximum Gasteiger partial charge on any atom is 0.435 e. The minimum atomic E-state index is -4.87. The van der Waals surface area contributed by atoms with Crippen LogP contribution in [-0.4, -0.2) is 62.9 Å². The van der Waals surface area contributed by atoms with Gasteiger partial charge in [-0.05, 0) is 31.0 Å². The number of carbonyl (C=O) groups is 1. The van der Waals surface area contributed by atoms with Crippen LogP contribution in [0.4, 0.5) is 17.6 Å². The van der Waals surface area contributed by atoms with E-state index in [1.165, 1.54) is 29.9 Å². The Labute approximate surface area is 165 Å². The van der Waals surface area contributed by atoms with Crippen molar-refractivity contribution in [2.24, 2.45) is 0 Å².